The van der Waals surface area contributed by atoms with Gasteiger partial charge < -0.3 is 14.2 Å². The minimum Gasteiger partial charge on any atom is -0.493 e. The number of non-ortho nitro benzene ring substituents is 1. The van der Waals surface area contributed by atoms with Gasteiger partial charge in [-0.2, -0.15) is 0 Å². The number of nitrogens with zero attached hydrogens (tertiary/aromatic N) is 1. The molecule has 0 heterocycles. The summed E-state index contributed by atoms with van der Waals surface area (Å²) in [5.74, 6) is 1.43. The van der Waals surface area contributed by atoms with Crippen molar-refractivity contribution in [3.8, 4) is 17.2 Å². The molecule has 0 radical (unpaired) electrons. The first-order valence-electron chi connectivity index (χ1n) is 9.63. The quantitative estimate of drug-likeness (QED) is 0.276. The molecule has 0 amide bonds. The highest BCUT2D eigenvalue weighted by Crippen LogP contribution is 2.38. The Labute approximate surface area is 191 Å². The highest BCUT2D eigenvalue weighted by Gasteiger charge is 2.19. The molecule has 0 atom stereocenters. The van der Waals surface area contributed by atoms with Crippen LogP contribution < -0.4 is 18.9 Å². The molecule has 0 aliphatic rings. The number of benzene rings is 3. The summed E-state index contributed by atoms with van der Waals surface area (Å²) in [4.78, 5) is 10.1. The van der Waals surface area contributed by atoms with Gasteiger partial charge in [-0.1, -0.05) is 36.4 Å². The zero-order valence-electron chi connectivity index (χ0n) is 18.1. The van der Waals surface area contributed by atoms with Crippen molar-refractivity contribution in [1.29, 1.82) is 0 Å². The summed E-state index contributed by atoms with van der Waals surface area (Å²) in [7, 11) is 0.497. The minimum atomic E-state index is -4.05. The zero-order chi connectivity index (χ0) is 24.0. The van der Waals surface area contributed by atoms with E-state index in [4.69, 9.17) is 14.2 Å². The van der Waals surface area contributed by atoms with E-state index in [2.05, 4.69) is 4.72 Å². The first-order chi connectivity index (χ1) is 15.8. The number of nitro benzene ring substituents is 1. The smallest absolute Gasteiger partial charge is 0.270 e. The summed E-state index contributed by atoms with van der Waals surface area (Å²) in [6.45, 7) is 0. The molecule has 3 aromatic rings. The van der Waals surface area contributed by atoms with Gasteiger partial charge in [-0.15, -0.1) is 0 Å². The summed E-state index contributed by atoms with van der Waals surface area (Å²) in [5, 5.41) is 11.0. The number of anilines is 1. The van der Waals surface area contributed by atoms with E-state index in [1.165, 1.54) is 39.5 Å². The first kappa shape index (κ1) is 23.6. The number of nitrogens with one attached hydrogen (secondary N) is 1. The number of hydrogen-bond donors (Lipinski definition) is 1. The maximum absolute atomic E-state index is 12.8. The van der Waals surface area contributed by atoms with Gasteiger partial charge in [0.15, 0.2) is 11.5 Å². The second-order valence-corrected chi connectivity index (χ2v) is 8.42. The molecule has 1 N–H and O–H groups in total. The van der Waals surface area contributed by atoms with Crippen LogP contribution in [0.1, 0.15) is 11.1 Å². The molecule has 0 spiro atoms. The van der Waals surface area contributed by atoms with E-state index in [0.29, 0.717) is 28.5 Å². The van der Waals surface area contributed by atoms with Crippen LogP contribution in [0.25, 0.3) is 12.2 Å². The van der Waals surface area contributed by atoms with Gasteiger partial charge in [0.2, 0.25) is 5.75 Å². The standard InChI is InChI=1S/C23H22N2O7S/c1-30-21-13-16(14-22(31-2)23(21)32-3)11-12-17-7-4-5-10-20(17)24-33(28,29)19-9-6-8-18(15-19)25(26)27/h4-15,24H,1-3H3. The number of methoxy groups -OCH3 is 3. The second-order valence-electron chi connectivity index (χ2n) is 6.74. The molecule has 33 heavy (non-hydrogen) atoms. The van der Waals surface area contributed by atoms with Gasteiger partial charge in [-0.05, 0) is 35.4 Å². The Morgan fingerprint density at radius 1 is 0.879 bits per heavy atom. The fraction of sp³-hybridized carbons (Fsp3) is 0.130. The van der Waals surface area contributed by atoms with E-state index >= 15 is 0 Å². The van der Waals surface area contributed by atoms with E-state index in [1.54, 1.807) is 48.6 Å². The molecule has 0 unspecified atom stereocenters. The van der Waals surface area contributed by atoms with Crippen LogP contribution >= 0.6 is 0 Å². The van der Waals surface area contributed by atoms with Crippen molar-refractivity contribution >= 4 is 33.6 Å². The minimum absolute atomic E-state index is 0.208. The van der Waals surface area contributed by atoms with Crippen molar-refractivity contribution in [3.63, 3.8) is 0 Å². The monoisotopic (exact) mass is 470 g/mol. The van der Waals surface area contributed by atoms with Crippen molar-refractivity contribution in [2.24, 2.45) is 0 Å². The van der Waals surface area contributed by atoms with Crippen LogP contribution in [0.3, 0.4) is 0 Å². The van der Waals surface area contributed by atoms with E-state index in [-0.39, 0.29) is 10.6 Å². The van der Waals surface area contributed by atoms with Crippen molar-refractivity contribution in [2.75, 3.05) is 26.1 Å². The van der Waals surface area contributed by atoms with Crippen LogP contribution in [-0.4, -0.2) is 34.7 Å². The number of rotatable bonds is 9. The van der Waals surface area contributed by atoms with Gasteiger partial charge >= 0.3 is 0 Å². The topological polar surface area (TPSA) is 117 Å². The van der Waals surface area contributed by atoms with E-state index in [1.807, 2.05) is 0 Å². The largest absolute Gasteiger partial charge is 0.493 e. The average molecular weight is 471 g/mol. The highest BCUT2D eigenvalue weighted by molar-refractivity contribution is 7.92. The molecule has 0 bridgehead atoms. The third-order valence-electron chi connectivity index (χ3n) is 4.69. The van der Waals surface area contributed by atoms with Crippen molar-refractivity contribution in [1.82, 2.24) is 0 Å². The number of ether oxygens (including phenoxy) is 3. The van der Waals surface area contributed by atoms with Crippen LogP contribution in [0.4, 0.5) is 11.4 Å². The Kier molecular flexibility index (Phi) is 7.19. The number of sulfonamides is 1. The molecule has 0 aromatic heterocycles. The van der Waals surface area contributed by atoms with Crippen LogP contribution in [0, 0.1) is 10.1 Å². The van der Waals surface area contributed by atoms with Crippen LogP contribution in [0.5, 0.6) is 17.2 Å². The lowest BCUT2D eigenvalue weighted by Crippen LogP contribution is -2.13. The number of nitro groups is 1. The molecule has 0 aliphatic heterocycles. The fourth-order valence-corrected chi connectivity index (χ4v) is 4.21. The summed E-state index contributed by atoms with van der Waals surface area (Å²) < 4.78 is 44.2. The van der Waals surface area contributed by atoms with Gasteiger partial charge in [0.1, 0.15) is 0 Å². The van der Waals surface area contributed by atoms with Crippen LogP contribution in [-0.2, 0) is 10.0 Å². The van der Waals surface area contributed by atoms with Crippen molar-refractivity contribution < 1.29 is 27.6 Å². The Morgan fingerprint density at radius 2 is 1.55 bits per heavy atom. The molecular formula is C23H22N2O7S. The summed E-state index contributed by atoms with van der Waals surface area (Å²) in [5.41, 5.74) is 1.32. The summed E-state index contributed by atoms with van der Waals surface area (Å²) in [6.07, 6.45) is 3.50. The summed E-state index contributed by atoms with van der Waals surface area (Å²) in [6, 6.07) is 15.2. The van der Waals surface area contributed by atoms with Gasteiger partial charge in [-0.25, -0.2) is 8.42 Å². The SMILES string of the molecule is COc1cc(C=Cc2ccccc2NS(=O)(=O)c2cccc([N+](=O)[O-])c2)cc(OC)c1OC. The van der Waals surface area contributed by atoms with Crippen molar-refractivity contribution in [2.45, 2.75) is 4.90 Å². The Balaban J connectivity index is 1.94. The molecule has 9 nitrogen and oxygen atoms in total. The normalized spacial score (nSPS) is 11.2. The Bertz CT molecular complexity index is 1280. The molecule has 172 valence electrons. The van der Waals surface area contributed by atoms with Gasteiger partial charge in [0.25, 0.3) is 15.7 Å². The molecule has 0 saturated heterocycles. The lowest BCUT2D eigenvalue weighted by atomic mass is 10.1. The van der Waals surface area contributed by atoms with Gasteiger partial charge in [0, 0.05) is 12.1 Å². The highest BCUT2D eigenvalue weighted by atomic mass is 32.2. The predicted octanol–water partition coefficient (Wildman–Crippen LogP) is 4.59. The van der Waals surface area contributed by atoms with E-state index in [0.717, 1.165) is 11.6 Å². The lowest BCUT2D eigenvalue weighted by Gasteiger charge is -2.13. The van der Waals surface area contributed by atoms with E-state index in [9.17, 15) is 18.5 Å². The lowest BCUT2D eigenvalue weighted by molar-refractivity contribution is -0.385. The zero-order valence-corrected chi connectivity index (χ0v) is 19.0. The fourth-order valence-electron chi connectivity index (χ4n) is 3.09. The second kappa shape index (κ2) is 10.0. The molecule has 3 aromatic carbocycles. The third-order valence-corrected chi connectivity index (χ3v) is 6.05. The maximum atomic E-state index is 12.8. The van der Waals surface area contributed by atoms with Crippen LogP contribution in [0.2, 0.25) is 0 Å². The maximum Gasteiger partial charge on any atom is 0.270 e. The van der Waals surface area contributed by atoms with Gasteiger partial charge in [-0.3, -0.25) is 14.8 Å². The van der Waals surface area contributed by atoms with Crippen LogP contribution in [0.15, 0.2) is 65.6 Å². The van der Waals surface area contributed by atoms with E-state index < -0.39 is 14.9 Å². The molecule has 0 aliphatic carbocycles. The summed E-state index contributed by atoms with van der Waals surface area (Å²) >= 11 is 0. The molecule has 10 heteroatoms. The Hall–Kier alpha value is -4.05. The molecule has 0 saturated carbocycles. The molecular weight excluding hydrogens is 448 g/mol. The average Bonchev–Trinajstić information content (AvgIpc) is 2.82. The number of para-hydroxylation sites is 1. The Morgan fingerprint density at radius 3 is 2.15 bits per heavy atom. The molecule has 0 fully saturated rings. The molecule has 3 rings (SSSR count). The third kappa shape index (κ3) is 5.42. The number of hydrogen-bond acceptors (Lipinski definition) is 7. The van der Waals surface area contributed by atoms with Crippen molar-refractivity contribution in [3.05, 3.63) is 81.9 Å². The first-order valence-corrected chi connectivity index (χ1v) is 11.1. The predicted molar refractivity (Wildman–Crippen MR) is 125 cm³/mol. The van der Waals surface area contributed by atoms with Gasteiger partial charge in [0.05, 0.1) is 36.8 Å².